The Morgan fingerprint density at radius 2 is 2.33 bits per heavy atom. The third kappa shape index (κ3) is 3.71. The molecule has 0 spiro atoms. The summed E-state index contributed by atoms with van der Waals surface area (Å²) in [5, 5.41) is 8.00. The molecule has 0 saturated carbocycles. The number of rotatable bonds is 6. The summed E-state index contributed by atoms with van der Waals surface area (Å²) in [6.07, 6.45) is 1.49. The molecule has 1 aromatic rings. The maximum Gasteiger partial charge on any atom is 0.326 e. The predicted molar refractivity (Wildman–Crippen MR) is 70.4 cm³/mol. The maximum absolute atomic E-state index is 11.9. The lowest BCUT2D eigenvalue weighted by Crippen LogP contribution is -2.54. The minimum absolute atomic E-state index is 0.189. The Hall–Kier alpha value is -1.08. The first-order valence-electron chi connectivity index (χ1n) is 5.72. The Balaban J connectivity index is 2.73. The first kappa shape index (κ1) is 15.0. The topological polar surface area (TPSA) is 69.0 Å². The highest BCUT2D eigenvalue weighted by Crippen LogP contribution is 2.21. The zero-order valence-electron chi connectivity index (χ0n) is 11.4. The van der Waals surface area contributed by atoms with Gasteiger partial charge in [0.15, 0.2) is 5.16 Å². The van der Waals surface area contributed by atoms with Crippen LogP contribution < -0.4 is 5.32 Å². The molecule has 0 fully saturated rings. The number of nitrogens with one attached hydrogen (secondary N) is 1. The van der Waals surface area contributed by atoms with Gasteiger partial charge < -0.3 is 4.74 Å². The SMILES string of the molecule is COC(=O)C(C)(CSc1ncnn1C)NC(C)C. The monoisotopic (exact) mass is 272 g/mol. The minimum Gasteiger partial charge on any atom is -0.468 e. The molecular weight excluding hydrogens is 252 g/mol. The zero-order valence-corrected chi connectivity index (χ0v) is 12.2. The van der Waals surface area contributed by atoms with Gasteiger partial charge in [0.1, 0.15) is 11.9 Å². The van der Waals surface area contributed by atoms with Gasteiger partial charge in [-0.25, -0.2) is 9.67 Å². The molecule has 0 bridgehead atoms. The lowest BCUT2D eigenvalue weighted by Gasteiger charge is -2.29. The molecule has 6 nitrogen and oxygen atoms in total. The molecule has 0 aromatic carbocycles. The number of nitrogens with zero attached hydrogens (tertiary/aromatic N) is 3. The number of aryl methyl sites for hydroxylation is 1. The average molecular weight is 272 g/mol. The number of hydrogen-bond acceptors (Lipinski definition) is 6. The van der Waals surface area contributed by atoms with E-state index >= 15 is 0 Å². The molecule has 0 saturated heterocycles. The first-order chi connectivity index (χ1) is 8.39. The lowest BCUT2D eigenvalue weighted by molar-refractivity contribution is -0.147. The molecule has 0 aliphatic heterocycles. The van der Waals surface area contributed by atoms with Crippen molar-refractivity contribution in [2.24, 2.45) is 7.05 Å². The second-order valence-electron chi connectivity index (χ2n) is 4.58. The summed E-state index contributed by atoms with van der Waals surface area (Å²) in [7, 11) is 3.22. The smallest absolute Gasteiger partial charge is 0.326 e. The van der Waals surface area contributed by atoms with Gasteiger partial charge in [0.2, 0.25) is 0 Å². The van der Waals surface area contributed by atoms with Crippen LogP contribution in [0.1, 0.15) is 20.8 Å². The Morgan fingerprint density at radius 3 is 2.78 bits per heavy atom. The van der Waals surface area contributed by atoms with Gasteiger partial charge in [0, 0.05) is 18.8 Å². The normalized spacial score (nSPS) is 14.6. The molecule has 1 unspecified atom stereocenters. The van der Waals surface area contributed by atoms with Crippen LogP contribution in [-0.2, 0) is 16.6 Å². The van der Waals surface area contributed by atoms with E-state index in [0.717, 1.165) is 5.16 Å². The lowest BCUT2D eigenvalue weighted by atomic mass is 10.0. The molecule has 1 aromatic heterocycles. The van der Waals surface area contributed by atoms with Crippen molar-refractivity contribution in [1.29, 1.82) is 0 Å². The average Bonchev–Trinajstić information content (AvgIpc) is 2.70. The van der Waals surface area contributed by atoms with E-state index in [1.165, 1.54) is 25.2 Å². The van der Waals surface area contributed by atoms with Crippen molar-refractivity contribution in [3.05, 3.63) is 6.33 Å². The summed E-state index contributed by atoms with van der Waals surface area (Å²) in [6.45, 7) is 5.82. The van der Waals surface area contributed by atoms with Crippen molar-refractivity contribution in [3.8, 4) is 0 Å². The highest BCUT2D eigenvalue weighted by molar-refractivity contribution is 7.99. The minimum atomic E-state index is -0.737. The summed E-state index contributed by atoms with van der Waals surface area (Å²) < 4.78 is 6.54. The van der Waals surface area contributed by atoms with Crippen molar-refractivity contribution >= 4 is 17.7 Å². The van der Waals surface area contributed by atoms with E-state index < -0.39 is 5.54 Å². The highest BCUT2D eigenvalue weighted by atomic mass is 32.2. The molecule has 1 rings (SSSR count). The molecule has 7 heteroatoms. The van der Waals surface area contributed by atoms with Gasteiger partial charge in [0.05, 0.1) is 7.11 Å². The fourth-order valence-corrected chi connectivity index (χ4v) is 2.62. The number of thioether (sulfide) groups is 1. The molecule has 18 heavy (non-hydrogen) atoms. The predicted octanol–water partition coefficient (Wildman–Crippen LogP) is 0.837. The number of carbonyl (C=O) groups is 1. The number of hydrogen-bond donors (Lipinski definition) is 1. The number of methoxy groups -OCH3 is 1. The van der Waals surface area contributed by atoms with E-state index in [1.807, 2.05) is 27.8 Å². The molecular formula is C11H20N4O2S. The van der Waals surface area contributed by atoms with E-state index in [4.69, 9.17) is 4.74 Å². The van der Waals surface area contributed by atoms with Crippen molar-refractivity contribution < 1.29 is 9.53 Å². The third-order valence-electron chi connectivity index (χ3n) is 2.40. The molecule has 102 valence electrons. The van der Waals surface area contributed by atoms with Gasteiger partial charge in [-0.05, 0) is 20.8 Å². The number of esters is 1. The quantitative estimate of drug-likeness (QED) is 0.611. The molecule has 0 aliphatic carbocycles. The van der Waals surface area contributed by atoms with Crippen LogP contribution in [0.15, 0.2) is 11.5 Å². The Morgan fingerprint density at radius 1 is 1.67 bits per heavy atom. The first-order valence-corrected chi connectivity index (χ1v) is 6.70. The Bertz CT molecular complexity index is 408. The summed E-state index contributed by atoms with van der Waals surface area (Å²) in [5.41, 5.74) is -0.737. The third-order valence-corrected chi connectivity index (χ3v) is 3.75. The molecule has 0 amide bonds. The highest BCUT2D eigenvalue weighted by Gasteiger charge is 2.35. The maximum atomic E-state index is 11.9. The van der Waals surface area contributed by atoms with Crippen LogP contribution in [0.3, 0.4) is 0 Å². The van der Waals surface area contributed by atoms with Crippen LogP contribution in [0.5, 0.6) is 0 Å². The van der Waals surface area contributed by atoms with E-state index in [9.17, 15) is 4.79 Å². The van der Waals surface area contributed by atoms with Gasteiger partial charge in [-0.15, -0.1) is 0 Å². The fraction of sp³-hybridized carbons (Fsp3) is 0.727. The van der Waals surface area contributed by atoms with Crippen LogP contribution in [0.4, 0.5) is 0 Å². The van der Waals surface area contributed by atoms with E-state index in [2.05, 4.69) is 15.4 Å². The summed E-state index contributed by atoms with van der Waals surface area (Å²) in [4.78, 5) is 16.0. The second kappa shape index (κ2) is 6.19. The molecule has 0 aliphatic rings. The summed E-state index contributed by atoms with van der Waals surface area (Å²) in [5.74, 6) is 0.260. The fourth-order valence-electron chi connectivity index (χ4n) is 1.65. The number of ether oxygens (including phenoxy) is 1. The van der Waals surface area contributed by atoms with Crippen LogP contribution in [0.25, 0.3) is 0 Å². The summed E-state index contributed by atoms with van der Waals surface area (Å²) >= 11 is 1.47. The Kier molecular flexibility index (Phi) is 5.15. The van der Waals surface area contributed by atoms with Crippen molar-refractivity contribution in [2.45, 2.75) is 37.5 Å². The van der Waals surface area contributed by atoms with Crippen molar-refractivity contribution in [2.75, 3.05) is 12.9 Å². The molecule has 1 heterocycles. The standard InChI is InChI=1S/C11H20N4O2S/c1-8(2)14-11(3,9(16)17-5)6-18-10-12-7-13-15(10)4/h7-8,14H,6H2,1-5H3. The zero-order chi connectivity index (χ0) is 13.8. The Labute approximate surface area is 111 Å². The summed E-state index contributed by atoms with van der Waals surface area (Å²) in [6, 6.07) is 0.189. The van der Waals surface area contributed by atoms with Gasteiger partial charge in [-0.2, -0.15) is 5.10 Å². The molecule has 1 N–H and O–H groups in total. The molecule has 1 atom stereocenters. The number of aromatic nitrogens is 3. The van der Waals surface area contributed by atoms with Crippen LogP contribution in [-0.4, -0.2) is 45.2 Å². The van der Waals surface area contributed by atoms with E-state index in [-0.39, 0.29) is 12.0 Å². The van der Waals surface area contributed by atoms with Gasteiger partial charge >= 0.3 is 5.97 Å². The largest absolute Gasteiger partial charge is 0.468 e. The van der Waals surface area contributed by atoms with E-state index in [1.54, 1.807) is 4.68 Å². The molecule has 0 radical (unpaired) electrons. The van der Waals surface area contributed by atoms with Crippen LogP contribution in [0, 0.1) is 0 Å². The number of carbonyl (C=O) groups excluding carboxylic acids is 1. The van der Waals surface area contributed by atoms with E-state index in [0.29, 0.717) is 5.75 Å². The second-order valence-corrected chi connectivity index (χ2v) is 5.52. The van der Waals surface area contributed by atoms with Crippen molar-refractivity contribution in [3.63, 3.8) is 0 Å². The van der Waals surface area contributed by atoms with Gasteiger partial charge in [-0.3, -0.25) is 10.1 Å². The van der Waals surface area contributed by atoms with Gasteiger partial charge in [0.25, 0.3) is 0 Å². The van der Waals surface area contributed by atoms with Crippen LogP contribution >= 0.6 is 11.8 Å². The van der Waals surface area contributed by atoms with Crippen molar-refractivity contribution in [1.82, 2.24) is 20.1 Å². The van der Waals surface area contributed by atoms with Gasteiger partial charge in [-0.1, -0.05) is 11.8 Å². The van der Waals surface area contributed by atoms with Crippen LogP contribution in [0.2, 0.25) is 0 Å².